The first-order valence-corrected chi connectivity index (χ1v) is 9.77. The third-order valence-electron chi connectivity index (χ3n) is 4.11. The number of rotatable bonds is 5. The Bertz CT molecular complexity index is 1030. The molecule has 0 radical (unpaired) electrons. The molecule has 7 nitrogen and oxygen atoms in total. The minimum Gasteiger partial charge on any atom is -0.361 e. The van der Waals surface area contributed by atoms with Gasteiger partial charge in [0.2, 0.25) is 10.0 Å². The molecule has 0 spiro atoms. The fourth-order valence-electron chi connectivity index (χ4n) is 2.85. The van der Waals surface area contributed by atoms with Crippen molar-refractivity contribution in [3.63, 3.8) is 0 Å². The van der Waals surface area contributed by atoms with E-state index in [1.54, 1.807) is 14.0 Å². The Morgan fingerprint density at radius 2 is 1.81 bits per heavy atom. The van der Waals surface area contributed by atoms with Crippen LogP contribution in [0.15, 0.2) is 33.7 Å². The Balaban J connectivity index is 1.78. The summed E-state index contributed by atoms with van der Waals surface area (Å²) in [6, 6.07) is 7.56. The van der Waals surface area contributed by atoms with E-state index in [1.165, 1.54) is 4.68 Å². The summed E-state index contributed by atoms with van der Waals surface area (Å²) >= 11 is 6.05. The van der Waals surface area contributed by atoms with Crippen molar-refractivity contribution in [1.82, 2.24) is 19.7 Å². The van der Waals surface area contributed by atoms with Crippen molar-refractivity contribution in [3.8, 4) is 11.1 Å². The van der Waals surface area contributed by atoms with Gasteiger partial charge in [0.05, 0.1) is 11.4 Å². The lowest BCUT2D eigenvalue weighted by molar-refractivity contribution is 0.393. The van der Waals surface area contributed by atoms with E-state index >= 15 is 0 Å². The van der Waals surface area contributed by atoms with Crippen LogP contribution in [0.4, 0.5) is 0 Å². The number of aromatic nitrogens is 3. The topological polar surface area (TPSA) is 90.0 Å². The molecule has 2 heterocycles. The van der Waals surface area contributed by atoms with Gasteiger partial charge in [-0.15, -0.1) is 0 Å². The maximum absolute atomic E-state index is 12.5. The van der Waals surface area contributed by atoms with Gasteiger partial charge in [-0.05, 0) is 31.9 Å². The fraction of sp³-hybridized carbons (Fsp3) is 0.294. The lowest BCUT2D eigenvalue weighted by Gasteiger charge is -2.08. The summed E-state index contributed by atoms with van der Waals surface area (Å²) in [5.74, 6) is 0.748. The van der Waals surface area contributed by atoms with Crippen molar-refractivity contribution in [3.05, 3.63) is 52.1 Å². The molecule has 0 amide bonds. The second kappa shape index (κ2) is 6.86. The van der Waals surface area contributed by atoms with Crippen LogP contribution in [0.25, 0.3) is 11.1 Å². The van der Waals surface area contributed by atoms with E-state index in [1.807, 2.05) is 38.1 Å². The molecule has 0 fully saturated rings. The average Bonchev–Trinajstić information content (AvgIpc) is 3.05. The van der Waals surface area contributed by atoms with Crippen LogP contribution in [-0.2, 0) is 23.6 Å². The number of hydrogen-bond donors (Lipinski definition) is 1. The lowest BCUT2D eigenvalue weighted by Crippen LogP contribution is -2.24. The van der Waals surface area contributed by atoms with E-state index in [0.717, 1.165) is 28.1 Å². The molecule has 0 unspecified atom stereocenters. The summed E-state index contributed by atoms with van der Waals surface area (Å²) in [4.78, 5) is 0.00834. The van der Waals surface area contributed by atoms with E-state index in [2.05, 4.69) is 15.0 Å². The highest BCUT2D eigenvalue weighted by atomic mass is 35.5. The zero-order chi connectivity index (χ0) is 19.1. The number of sulfonamides is 1. The smallest absolute Gasteiger partial charge is 0.245 e. The van der Waals surface area contributed by atoms with Crippen LogP contribution in [-0.4, -0.2) is 23.4 Å². The molecule has 0 aliphatic rings. The van der Waals surface area contributed by atoms with Crippen molar-refractivity contribution in [2.45, 2.75) is 32.2 Å². The van der Waals surface area contributed by atoms with Gasteiger partial charge in [-0.3, -0.25) is 4.68 Å². The van der Waals surface area contributed by atoms with E-state index in [4.69, 9.17) is 16.1 Å². The zero-order valence-electron chi connectivity index (χ0n) is 14.9. The molecule has 0 aliphatic heterocycles. The standard InChI is InChI=1S/C17H19ClN4O3S/c1-10-15(12(3)25-21-10)14-7-5-13(6-8-14)9-19-26(23,24)16-11(2)20-22(4)17(16)18/h5-8,19H,9H2,1-4H3. The van der Waals surface area contributed by atoms with Gasteiger partial charge in [-0.2, -0.15) is 5.10 Å². The van der Waals surface area contributed by atoms with Gasteiger partial charge < -0.3 is 4.52 Å². The molecule has 0 saturated heterocycles. The first-order chi connectivity index (χ1) is 12.2. The molecule has 0 saturated carbocycles. The van der Waals surface area contributed by atoms with Crippen molar-refractivity contribution < 1.29 is 12.9 Å². The van der Waals surface area contributed by atoms with Crippen LogP contribution in [0.3, 0.4) is 0 Å². The van der Waals surface area contributed by atoms with Crippen LogP contribution in [0.2, 0.25) is 5.15 Å². The summed E-state index contributed by atoms with van der Waals surface area (Å²) in [7, 11) is -2.16. The van der Waals surface area contributed by atoms with Crippen LogP contribution < -0.4 is 4.72 Å². The SMILES string of the molecule is Cc1noc(C)c1-c1ccc(CNS(=O)(=O)c2c(C)nn(C)c2Cl)cc1. The quantitative estimate of drug-likeness (QED) is 0.717. The van der Waals surface area contributed by atoms with Crippen molar-refractivity contribution in [1.29, 1.82) is 0 Å². The highest BCUT2D eigenvalue weighted by Gasteiger charge is 2.24. The van der Waals surface area contributed by atoms with Gasteiger partial charge in [0.25, 0.3) is 0 Å². The predicted octanol–water partition coefficient (Wildman–Crippen LogP) is 3.13. The van der Waals surface area contributed by atoms with Crippen LogP contribution >= 0.6 is 11.6 Å². The van der Waals surface area contributed by atoms with Gasteiger partial charge in [0, 0.05) is 19.2 Å². The van der Waals surface area contributed by atoms with Gasteiger partial charge in [-0.1, -0.05) is 41.0 Å². The summed E-state index contributed by atoms with van der Waals surface area (Å²) in [6.45, 7) is 5.50. The summed E-state index contributed by atoms with van der Waals surface area (Å²) < 4.78 is 34.2. The second-order valence-electron chi connectivity index (χ2n) is 6.05. The normalized spacial score (nSPS) is 11.9. The number of hydrogen-bond acceptors (Lipinski definition) is 5. The third-order valence-corrected chi connectivity index (χ3v) is 6.21. The summed E-state index contributed by atoms with van der Waals surface area (Å²) in [5.41, 5.74) is 3.92. The lowest BCUT2D eigenvalue weighted by atomic mass is 10.0. The highest BCUT2D eigenvalue weighted by Crippen LogP contribution is 2.27. The highest BCUT2D eigenvalue weighted by molar-refractivity contribution is 7.89. The van der Waals surface area contributed by atoms with Crippen LogP contribution in [0.1, 0.15) is 22.7 Å². The first kappa shape index (κ1) is 18.6. The molecule has 1 aromatic carbocycles. The molecule has 138 valence electrons. The maximum Gasteiger partial charge on any atom is 0.245 e. The third kappa shape index (κ3) is 3.40. The zero-order valence-corrected chi connectivity index (χ0v) is 16.4. The monoisotopic (exact) mass is 394 g/mol. The summed E-state index contributed by atoms with van der Waals surface area (Å²) in [6.07, 6.45) is 0. The molecule has 0 aliphatic carbocycles. The fourth-order valence-corrected chi connectivity index (χ4v) is 4.61. The van der Waals surface area contributed by atoms with E-state index in [-0.39, 0.29) is 16.6 Å². The van der Waals surface area contributed by atoms with Crippen molar-refractivity contribution >= 4 is 21.6 Å². The largest absolute Gasteiger partial charge is 0.361 e. The molecular formula is C17H19ClN4O3S. The van der Waals surface area contributed by atoms with Gasteiger partial charge in [0.1, 0.15) is 15.8 Å². The molecule has 2 aromatic heterocycles. The van der Waals surface area contributed by atoms with E-state index < -0.39 is 10.0 Å². The Hall–Kier alpha value is -2.16. The molecule has 1 N–H and O–H groups in total. The Kier molecular flexibility index (Phi) is 4.92. The molecule has 3 rings (SSSR count). The molecule has 26 heavy (non-hydrogen) atoms. The Morgan fingerprint density at radius 1 is 1.15 bits per heavy atom. The number of nitrogens with one attached hydrogen (secondary N) is 1. The molecule has 9 heteroatoms. The second-order valence-corrected chi connectivity index (χ2v) is 8.11. The number of nitrogens with zero attached hydrogens (tertiary/aromatic N) is 3. The molecule has 0 atom stereocenters. The number of halogens is 1. The van der Waals surface area contributed by atoms with E-state index in [9.17, 15) is 8.42 Å². The van der Waals surface area contributed by atoms with E-state index in [0.29, 0.717) is 5.69 Å². The predicted molar refractivity (Wildman–Crippen MR) is 98.4 cm³/mol. The van der Waals surface area contributed by atoms with Gasteiger partial charge >= 0.3 is 0 Å². The molecular weight excluding hydrogens is 376 g/mol. The Labute approximate surface area is 157 Å². The Morgan fingerprint density at radius 3 is 2.31 bits per heavy atom. The van der Waals surface area contributed by atoms with Crippen LogP contribution in [0.5, 0.6) is 0 Å². The van der Waals surface area contributed by atoms with Crippen molar-refractivity contribution in [2.24, 2.45) is 7.05 Å². The summed E-state index contributed by atoms with van der Waals surface area (Å²) in [5, 5.41) is 8.07. The minimum atomic E-state index is -3.76. The maximum atomic E-state index is 12.5. The minimum absolute atomic E-state index is 0.00834. The van der Waals surface area contributed by atoms with Gasteiger partial charge in [-0.25, -0.2) is 13.1 Å². The molecule has 3 aromatic rings. The molecule has 0 bridgehead atoms. The number of aryl methyl sites for hydroxylation is 4. The number of benzene rings is 1. The van der Waals surface area contributed by atoms with Crippen LogP contribution in [0, 0.1) is 20.8 Å². The van der Waals surface area contributed by atoms with Gasteiger partial charge in [0.15, 0.2) is 0 Å². The average molecular weight is 395 g/mol. The first-order valence-electron chi connectivity index (χ1n) is 7.91. The van der Waals surface area contributed by atoms with Crippen molar-refractivity contribution in [2.75, 3.05) is 0 Å².